The van der Waals surface area contributed by atoms with Gasteiger partial charge in [-0.25, -0.2) is 0 Å². The van der Waals surface area contributed by atoms with Crippen LogP contribution in [0.5, 0.6) is 0 Å². The van der Waals surface area contributed by atoms with E-state index in [1.807, 2.05) is 41.3 Å². The molecule has 4 rings (SSSR count). The van der Waals surface area contributed by atoms with Gasteiger partial charge in [0, 0.05) is 35.5 Å². The second-order valence-electron chi connectivity index (χ2n) is 5.63. The van der Waals surface area contributed by atoms with Crippen molar-refractivity contribution in [2.75, 3.05) is 0 Å². The van der Waals surface area contributed by atoms with Crippen molar-refractivity contribution in [1.82, 2.24) is 9.88 Å². The lowest BCUT2D eigenvalue weighted by molar-refractivity contribution is -0.139. The topological polar surface area (TPSA) is 33.2 Å². The van der Waals surface area contributed by atoms with Crippen molar-refractivity contribution in [1.29, 1.82) is 0 Å². The molecule has 108 valence electrons. The first-order valence-electron chi connectivity index (χ1n) is 7.49. The summed E-state index contributed by atoms with van der Waals surface area (Å²) in [5.41, 5.74) is 5.09. The van der Waals surface area contributed by atoms with Crippen molar-refractivity contribution in [2.24, 2.45) is 0 Å². The third-order valence-corrected chi connectivity index (χ3v) is 4.41. The summed E-state index contributed by atoms with van der Waals surface area (Å²) in [6.07, 6.45) is 7.44. The highest BCUT2D eigenvalue weighted by Crippen LogP contribution is 2.41. The molecule has 22 heavy (non-hydrogen) atoms. The molecule has 1 atom stereocenters. The Bertz CT molecular complexity index is 792. The van der Waals surface area contributed by atoms with Crippen LogP contribution in [0.2, 0.25) is 0 Å². The molecular weight excluding hydrogens is 272 g/mol. The van der Waals surface area contributed by atoms with Gasteiger partial charge in [-0.3, -0.25) is 9.78 Å². The molecule has 1 saturated heterocycles. The third kappa shape index (κ3) is 1.82. The number of carbonyl (C=O) groups is 1. The third-order valence-electron chi connectivity index (χ3n) is 4.41. The molecule has 0 bridgehead atoms. The predicted octanol–water partition coefficient (Wildman–Crippen LogP) is 3.74. The number of aromatic nitrogens is 1. The van der Waals surface area contributed by atoms with E-state index in [1.165, 1.54) is 0 Å². The number of β-lactam (4-membered cyclic amide) rings is 1. The Hall–Kier alpha value is -2.68. The molecule has 0 N–H and O–H groups in total. The molecule has 1 aromatic carbocycles. The number of amides is 1. The molecular formula is C19H16N2O. The number of pyridine rings is 1. The van der Waals surface area contributed by atoms with Crippen LogP contribution in [-0.2, 0) is 4.79 Å². The van der Waals surface area contributed by atoms with Crippen molar-refractivity contribution in [3.05, 3.63) is 66.4 Å². The van der Waals surface area contributed by atoms with Crippen LogP contribution in [0, 0.1) is 0 Å². The summed E-state index contributed by atoms with van der Waals surface area (Å²) < 4.78 is 0. The smallest absolute Gasteiger partial charge is 0.229 e. The SMILES string of the molecule is C=Cc1c(C2=CC[C@@H]3CC(=O)N23)cccc1-c1ccccn1. The zero-order valence-electron chi connectivity index (χ0n) is 12.2. The Balaban J connectivity index is 1.85. The summed E-state index contributed by atoms with van der Waals surface area (Å²) in [7, 11) is 0. The summed E-state index contributed by atoms with van der Waals surface area (Å²) in [6.45, 7) is 3.97. The molecule has 2 aliphatic heterocycles. The molecule has 0 aliphatic carbocycles. The van der Waals surface area contributed by atoms with E-state index in [2.05, 4.69) is 23.7 Å². The number of nitrogens with zero attached hydrogens (tertiary/aromatic N) is 2. The van der Waals surface area contributed by atoms with Gasteiger partial charge < -0.3 is 4.90 Å². The summed E-state index contributed by atoms with van der Waals surface area (Å²) in [5, 5.41) is 0. The van der Waals surface area contributed by atoms with E-state index < -0.39 is 0 Å². The van der Waals surface area contributed by atoms with Gasteiger partial charge in [-0.2, -0.15) is 0 Å². The van der Waals surface area contributed by atoms with Gasteiger partial charge in [-0.15, -0.1) is 0 Å². The summed E-state index contributed by atoms with van der Waals surface area (Å²) in [5.74, 6) is 0.215. The minimum absolute atomic E-state index is 0.215. The van der Waals surface area contributed by atoms with Gasteiger partial charge in [0.25, 0.3) is 0 Å². The van der Waals surface area contributed by atoms with Gasteiger partial charge >= 0.3 is 0 Å². The average Bonchev–Trinajstić information content (AvgIpc) is 2.91. The number of hydrogen-bond donors (Lipinski definition) is 0. The van der Waals surface area contributed by atoms with Crippen LogP contribution in [0.4, 0.5) is 0 Å². The molecule has 3 nitrogen and oxygen atoms in total. The van der Waals surface area contributed by atoms with Crippen LogP contribution < -0.4 is 0 Å². The van der Waals surface area contributed by atoms with E-state index in [1.54, 1.807) is 6.20 Å². The predicted molar refractivity (Wildman–Crippen MR) is 87.6 cm³/mol. The highest BCUT2D eigenvalue weighted by Gasteiger charge is 2.42. The first-order valence-corrected chi connectivity index (χ1v) is 7.49. The minimum atomic E-state index is 0.215. The maximum atomic E-state index is 11.9. The second-order valence-corrected chi connectivity index (χ2v) is 5.63. The summed E-state index contributed by atoms with van der Waals surface area (Å²) in [4.78, 5) is 18.3. The van der Waals surface area contributed by atoms with Crippen molar-refractivity contribution < 1.29 is 4.79 Å². The van der Waals surface area contributed by atoms with Crippen molar-refractivity contribution in [3.63, 3.8) is 0 Å². The molecule has 0 spiro atoms. The van der Waals surface area contributed by atoms with E-state index in [-0.39, 0.29) is 5.91 Å². The molecule has 3 heteroatoms. The molecule has 0 radical (unpaired) electrons. The van der Waals surface area contributed by atoms with Gasteiger partial charge in [0.05, 0.1) is 5.69 Å². The Labute approximate surface area is 129 Å². The molecule has 1 aromatic heterocycles. The maximum Gasteiger partial charge on any atom is 0.229 e. The number of hydrogen-bond acceptors (Lipinski definition) is 2. The minimum Gasteiger partial charge on any atom is -0.308 e. The van der Waals surface area contributed by atoms with Gasteiger partial charge in [-0.1, -0.05) is 43.0 Å². The van der Waals surface area contributed by atoms with Gasteiger partial charge in [0.2, 0.25) is 5.91 Å². The van der Waals surface area contributed by atoms with Crippen LogP contribution in [0.25, 0.3) is 23.0 Å². The molecule has 0 saturated carbocycles. The fourth-order valence-electron chi connectivity index (χ4n) is 3.34. The molecule has 2 aliphatic rings. The highest BCUT2D eigenvalue weighted by molar-refractivity contribution is 5.96. The highest BCUT2D eigenvalue weighted by atomic mass is 16.2. The average molecular weight is 288 g/mol. The molecule has 1 amide bonds. The lowest BCUT2D eigenvalue weighted by atomic mass is 9.95. The molecule has 2 aromatic rings. The second kappa shape index (κ2) is 4.95. The van der Waals surface area contributed by atoms with Crippen molar-refractivity contribution >= 4 is 17.7 Å². The van der Waals surface area contributed by atoms with E-state index in [9.17, 15) is 4.79 Å². The Morgan fingerprint density at radius 1 is 1.18 bits per heavy atom. The number of fused-ring (bicyclic) bond motifs is 1. The van der Waals surface area contributed by atoms with E-state index in [4.69, 9.17) is 0 Å². The van der Waals surface area contributed by atoms with Crippen LogP contribution in [0.1, 0.15) is 24.0 Å². The van der Waals surface area contributed by atoms with E-state index >= 15 is 0 Å². The van der Waals surface area contributed by atoms with Crippen LogP contribution in [-0.4, -0.2) is 21.8 Å². The lowest BCUT2D eigenvalue weighted by Crippen LogP contribution is -2.47. The molecule has 0 unspecified atom stereocenters. The molecule has 1 fully saturated rings. The number of rotatable bonds is 3. The van der Waals surface area contributed by atoms with Crippen molar-refractivity contribution in [3.8, 4) is 11.3 Å². The Kier molecular flexibility index (Phi) is 2.93. The maximum absolute atomic E-state index is 11.9. The quantitative estimate of drug-likeness (QED) is 0.806. The Morgan fingerprint density at radius 2 is 2.05 bits per heavy atom. The fraction of sp³-hybridized carbons (Fsp3) is 0.158. The normalized spacial score (nSPS) is 19.5. The zero-order chi connectivity index (χ0) is 15.1. The number of benzene rings is 1. The van der Waals surface area contributed by atoms with Crippen molar-refractivity contribution in [2.45, 2.75) is 18.9 Å². The van der Waals surface area contributed by atoms with Crippen LogP contribution in [0.3, 0.4) is 0 Å². The zero-order valence-corrected chi connectivity index (χ0v) is 12.2. The van der Waals surface area contributed by atoms with Gasteiger partial charge in [0.15, 0.2) is 0 Å². The first kappa shape index (κ1) is 13.0. The van der Waals surface area contributed by atoms with Crippen LogP contribution in [0.15, 0.2) is 55.3 Å². The monoisotopic (exact) mass is 288 g/mol. The Morgan fingerprint density at radius 3 is 2.77 bits per heavy atom. The summed E-state index contributed by atoms with van der Waals surface area (Å²) >= 11 is 0. The largest absolute Gasteiger partial charge is 0.308 e. The summed E-state index contributed by atoms with van der Waals surface area (Å²) in [6, 6.07) is 12.4. The lowest BCUT2D eigenvalue weighted by Gasteiger charge is -2.37. The first-order chi connectivity index (χ1) is 10.8. The van der Waals surface area contributed by atoms with Gasteiger partial charge in [0.1, 0.15) is 0 Å². The van der Waals surface area contributed by atoms with E-state index in [0.717, 1.165) is 34.5 Å². The fourth-order valence-corrected chi connectivity index (χ4v) is 3.34. The standard InChI is InChI=1S/C19H16N2O/c1-2-14-15(17-8-3-4-11-20-17)6-5-7-16(14)18-10-9-13-12-19(22)21(13)18/h2-8,10-11,13H,1,9,12H2/t13-/m1/s1. The number of carbonyl (C=O) groups excluding carboxylic acids is 1. The van der Waals surface area contributed by atoms with Gasteiger partial charge in [-0.05, 0) is 24.1 Å². The van der Waals surface area contributed by atoms with E-state index in [0.29, 0.717) is 12.5 Å². The van der Waals surface area contributed by atoms with Crippen LogP contribution >= 0.6 is 0 Å². The molecule has 3 heterocycles.